The van der Waals surface area contributed by atoms with E-state index in [0.717, 1.165) is 21.2 Å². The first kappa shape index (κ1) is 11.9. The van der Waals surface area contributed by atoms with Gasteiger partial charge in [0.15, 0.2) is 0 Å². The summed E-state index contributed by atoms with van der Waals surface area (Å²) in [5.74, 6) is -0.278. The van der Waals surface area contributed by atoms with E-state index in [4.69, 9.17) is 4.74 Å². The van der Waals surface area contributed by atoms with Gasteiger partial charge in [-0.1, -0.05) is 48.5 Å². The zero-order valence-corrected chi connectivity index (χ0v) is 11.2. The molecule has 1 aromatic heterocycles. The number of carbonyl (C=O) groups excluding carboxylic acids is 1. The molecule has 19 heavy (non-hydrogen) atoms. The minimum Gasteiger partial charge on any atom is -0.465 e. The molecule has 0 bridgehead atoms. The molecule has 0 aliphatic heterocycles. The lowest BCUT2D eigenvalue weighted by Gasteiger charge is -2.02. The molecule has 1 heterocycles. The number of esters is 1. The molecule has 0 radical (unpaired) electrons. The molecule has 0 N–H and O–H groups in total. The monoisotopic (exact) mass is 268 g/mol. The minimum atomic E-state index is -0.278. The number of hydrogen-bond acceptors (Lipinski definition) is 3. The summed E-state index contributed by atoms with van der Waals surface area (Å²) in [5.41, 5.74) is 2.31. The molecule has 0 aliphatic rings. The van der Waals surface area contributed by atoms with Crippen LogP contribution in [0.3, 0.4) is 0 Å². The Balaban J connectivity index is 2.21. The summed E-state index contributed by atoms with van der Waals surface area (Å²) in [6, 6.07) is 18.2. The van der Waals surface area contributed by atoms with Crippen molar-refractivity contribution < 1.29 is 9.53 Å². The topological polar surface area (TPSA) is 26.3 Å². The van der Waals surface area contributed by atoms with Crippen LogP contribution in [0.1, 0.15) is 9.67 Å². The van der Waals surface area contributed by atoms with Crippen molar-refractivity contribution in [3.63, 3.8) is 0 Å². The number of carbonyl (C=O) groups is 1. The van der Waals surface area contributed by atoms with Crippen LogP contribution in [0.5, 0.6) is 0 Å². The molecule has 0 saturated carbocycles. The third-order valence-corrected chi connectivity index (χ3v) is 4.18. The number of ether oxygens (including phenoxy) is 1. The molecule has 3 heteroatoms. The fourth-order valence-corrected chi connectivity index (χ4v) is 3.22. The Labute approximate surface area is 115 Å². The molecule has 0 saturated heterocycles. The van der Waals surface area contributed by atoms with Crippen molar-refractivity contribution in [3.05, 3.63) is 59.5 Å². The van der Waals surface area contributed by atoms with Crippen LogP contribution in [0.15, 0.2) is 54.6 Å². The van der Waals surface area contributed by atoms with Gasteiger partial charge < -0.3 is 4.74 Å². The largest absolute Gasteiger partial charge is 0.465 e. The molecule has 2 nitrogen and oxygen atoms in total. The number of methoxy groups -OCH3 is 1. The lowest BCUT2D eigenvalue weighted by atomic mass is 10.0. The highest BCUT2D eigenvalue weighted by Crippen LogP contribution is 2.35. The molecule has 0 aliphatic carbocycles. The molecule has 0 atom stereocenters. The maximum Gasteiger partial charge on any atom is 0.348 e. The molecule has 0 fully saturated rings. The van der Waals surface area contributed by atoms with Crippen LogP contribution in [0.2, 0.25) is 0 Å². The van der Waals surface area contributed by atoms with Crippen molar-refractivity contribution in [1.82, 2.24) is 0 Å². The van der Waals surface area contributed by atoms with Gasteiger partial charge in [-0.25, -0.2) is 4.79 Å². The molecule has 0 spiro atoms. The molecule has 0 unspecified atom stereocenters. The summed E-state index contributed by atoms with van der Waals surface area (Å²) in [5, 5.41) is 1.08. The van der Waals surface area contributed by atoms with Gasteiger partial charge in [-0.3, -0.25) is 0 Å². The smallest absolute Gasteiger partial charge is 0.348 e. The van der Waals surface area contributed by atoms with Crippen LogP contribution in [0, 0.1) is 0 Å². The Morgan fingerprint density at radius 1 is 1.05 bits per heavy atom. The quantitative estimate of drug-likeness (QED) is 0.646. The van der Waals surface area contributed by atoms with Crippen LogP contribution in [-0.4, -0.2) is 13.1 Å². The Kier molecular flexibility index (Phi) is 3.05. The van der Waals surface area contributed by atoms with E-state index in [9.17, 15) is 4.79 Å². The van der Waals surface area contributed by atoms with E-state index in [-0.39, 0.29) is 5.97 Å². The second-order valence-electron chi connectivity index (χ2n) is 4.19. The van der Waals surface area contributed by atoms with Crippen molar-refractivity contribution in [2.75, 3.05) is 7.11 Å². The standard InChI is InChI=1S/C16H12O2S/c1-18-16(17)14-10-12-8-5-9-13(15(12)19-14)11-6-3-2-4-7-11/h2-10H,1H3. The lowest BCUT2D eigenvalue weighted by Crippen LogP contribution is -1.96. The zero-order valence-electron chi connectivity index (χ0n) is 10.4. The Bertz CT molecular complexity index is 729. The third kappa shape index (κ3) is 2.13. The van der Waals surface area contributed by atoms with E-state index in [1.54, 1.807) is 0 Å². The summed E-state index contributed by atoms with van der Waals surface area (Å²) in [6.45, 7) is 0. The SMILES string of the molecule is COC(=O)c1cc2cccc(-c3ccccc3)c2s1. The minimum absolute atomic E-state index is 0.278. The Morgan fingerprint density at radius 3 is 2.58 bits per heavy atom. The second kappa shape index (κ2) is 4.86. The van der Waals surface area contributed by atoms with Gasteiger partial charge in [-0.15, -0.1) is 11.3 Å². The van der Waals surface area contributed by atoms with Crippen molar-refractivity contribution >= 4 is 27.4 Å². The summed E-state index contributed by atoms with van der Waals surface area (Å²) >= 11 is 1.48. The highest BCUT2D eigenvalue weighted by Gasteiger charge is 2.12. The number of fused-ring (bicyclic) bond motifs is 1. The van der Waals surface area contributed by atoms with Gasteiger partial charge in [0.1, 0.15) is 4.88 Å². The van der Waals surface area contributed by atoms with E-state index in [2.05, 4.69) is 18.2 Å². The van der Waals surface area contributed by atoms with Crippen LogP contribution in [0.25, 0.3) is 21.2 Å². The van der Waals surface area contributed by atoms with Gasteiger partial charge in [-0.2, -0.15) is 0 Å². The zero-order chi connectivity index (χ0) is 13.2. The number of thiophene rings is 1. The molecule has 0 amide bonds. The van der Waals surface area contributed by atoms with Gasteiger partial charge in [-0.05, 0) is 22.6 Å². The van der Waals surface area contributed by atoms with Crippen molar-refractivity contribution in [3.8, 4) is 11.1 Å². The first-order valence-electron chi connectivity index (χ1n) is 5.96. The highest BCUT2D eigenvalue weighted by atomic mass is 32.1. The van der Waals surface area contributed by atoms with E-state index >= 15 is 0 Å². The molecule has 2 aromatic carbocycles. The maximum absolute atomic E-state index is 11.6. The van der Waals surface area contributed by atoms with Crippen molar-refractivity contribution in [2.24, 2.45) is 0 Å². The summed E-state index contributed by atoms with van der Waals surface area (Å²) in [6.07, 6.45) is 0. The first-order valence-corrected chi connectivity index (χ1v) is 6.77. The normalized spacial score (nSPS) is 10.6. The van der Waals surface area contributed by atoms with Gasteiger partial charge in [0.05, 0.1) is 7.11 Å². The first-order chi connectivity index (χ1) is 9.29. The Morgan fingerprint density at radius 2 is 1.84 bits per heavy atom. The molecular weight excluding hydrogens is 256 g/mol. The number of benzene rings is 2. The number of rotatable bonds is 2. The number of hydrogen-bond donors (Lipinski definition) is 0. The maximum atomic E-state index is 11.6. The average Bonchev–Trinajstić information content (AvgIpc) is 2.91. The van der Waals surface area contributed by atoms with Crippen molar-refractivity contribution in [1.29, 1.82) is 0 Å². The van der Waals surface area contributed by atoms with E-state index in [1.807, 2.05) is 36.4 Å². The Hall–Kier alpha value is -2.13. The van der Waals surface area contributed by atoms with Gasteiger partial charge in [0.2, 0.25) is 0 Å². The second-order valence-corrected chi connectivity index (χ2v) is 5.24. The third-order valence-electron chi connectivity index (χ3n) is 3.02. The van der Waals surface area contributed by atoms with E-state index in [1.165, 1.54) is 18.4 Å². The van der Waals surface area contributed by atoms with Gasteiger partial charge in [0.25, 0.3) is 0 Å². The highest BCUT2D eigenvalue weighted by molar-refractivity contribution is 7.21. The van der Waals surface area contributed by atoms with Crippen LogP contribution >= 0.6 is 11.3 Å². The van der Waals surface area contributed by atoms with Crippen LogP contribution < -0.4 is 0 Å². The average molecular weight is 268 g/mol. The summed E-state index contributed by atoms with van der Waals surface area (Å²) < 4.78 is 5.90. The summed E-state index contributed by atoms with van der Waals surface area (Å²) in [7, 11) is 1.41. The lowest BCUT2D eigenvalue weighted by molar-refractivity contribution is 0.0606. The van der Waals surface area contributed by atoms with Crippen LogP contribution in [-0.2, 0) is 4.74 Å². The molecule has 3 rings (SSSR count). The molecule has 94 valence electrons. The summed E-state index contributed by atoms with van der Waals surface area (Å²) in [4.78, 5) is 12.3. The van der Waals surface area contributed by atoms with Crippen LogP contribution in [0.4, 0.5) is 0 Å². The van der Waals surface area contributed by atoms with Gasteiger partial charge in [0, 0.05) is 4.70 Å². The fourth-order valence-electron chi connectivity index (χ4n) is 2.11. The van der Waals surface area contributed by atoms with Crippen molar-refractivity contribution in [2.45, 2.75) is 0 Å². The van der Waals surface area contributed by atoms with Gasteiger partial charge >= 0.3 is 5.97 Å². The predicted molar refractivity (Wildman–Crippen MR) is 78.6 cm³/mol. The molecular formula is C16H12O2S. The van der Waals surface area contributed by atoms with E-state index in [0.29, 0.717) is 4.88 Å². The predicted octanol–water partition coefficient (Wildman–Crippen LogP) is 4.35. The molecule has 3 aromatic rings. The van der Waals surface area contributed by atoms with E-state index < -0.39 is 0 Å². The fraction of sp³-hybridized carbons (Fsp3) is 0.0625.